The number of amides is 1. The van der Waals surface area contributed by atoms with Gasteiger partial charge in [0.2, 0.25) is 0 Å². The SMILES string of the molecule is COc1cc2c(cc1OC)CN(C(=O)COC(=O)Cc1ccc(Cl)c(Cl)c1)CC2. The van der Waals surface area contributed by atoms with Crippen molar-refractivity contribution in [2.45, 2.75) is 19.4 Å². The van der Waals surface area contributed by atoms with E-state index in [4.69, 9.17) is 37.4 Å². The topological polar surface area (TPSA) is 65.1 Å². The van der Waals surface area contributed by atoms with Gasteiger partial charge < -0.3 is 19.1 Å². The Balaban J connectivity index is 1.56. The largest absolute Gasteiger partial charge is 0.493 e. The number of methoxy groups -OCH3 is 2. The maximum absolute atomic E-state index is 12.5. The van der Waals surface area contributed by atoms with E-state index in [9.17, 15) is 9.59 Å². The molecule has 0 radical (unpaired) electrons. The van der Waals surface area contributed by atoms with Gasteiger partial charge in [-0.15, -0.1) is 0 Å². The Kier molecular flexibility index (Phi) is 6.87. The summed E-state index contributed by atoms with van der Waals surface area (Å²) < 4.78 is 15.8. The highest BCUT2D eigenvalue weighted by Crippen LogP contribution is 2.33. The molecule has 0 aromatic heterocycles. The molecule has 0 fully saturated rings. The van der Waals surface area contributed by atoms with Gasteiger partial charge in [-0.1, -0.05) is 29.3 Å². The number of rotatable bonds is 6. The quantitative estimate of drug-likeness (QED) is 0.644. The lowest BCUT2D eigenvalue weighted by Gasteiger charge is -2.29. The van der Waals surface area contributed by atoms with E-state index in [0.29, 0.717) is 46.6 Å². The molecule has 29 heavy (non-hydrogen) atoms. The Morgan fingerprint density at radius 2 is 1.69 bits per heavy atom. The van der Waals surface area contributed by atoms with Crippen molar-refractivity contribution in [2.75, 3.05) is 27.4 Å². The zero-order chi connectivity index (χ0) is 21.0. The third-order valence-electron chi connectivity index (χ3n) is 4.76. The Hall–Kier alpha value is -2.44. The number of benzene rings is 2. The maximum Gasteiger partial charge on any atom is 0.310 e. The Labute approximate surface area is 179 Å². The molecule has 0 spiro atoms. The van der Waals surface area contributed by atoms with Crippen LogP contribution in [0.3, 0.4) is 0 Å². The molecule has 0 saturated carbocycles. The summed E-state index contributed by atoms with van der Waals surface area (Å²) in [6.07, 6.45) is 0.711. The standard InChI is InChI=1S/C21H21Cl2NO5/c1-27-18-9-14-5-6-24(11-15(14)10-19(18)28-2)20(25)12-29-21(26)8-13-3-4-16(22)17(23)7-13/h3-4,7,9-10H,5-6,8,11-12H2,1-2H3. The zero-order valence-corrected chi connectivity index (χ0v) is 17.7. The average Bonchev–Trinajstić information content (AvgIpc) is 2.73. The van der Waals surface area contributed by atoms with Crippen molar-refractivity contribution in [1.82, 2.24) is 4.90 Å². The molecular weight excluding hydrogens is 417 g/mol. The van der Waals surface area contributed by atoms with Gasteiger partial charge >= 0.3 is 5.97 Å². The summed E-state index contributed by atoms with van der Waals surface area (Å²) in [7, 11) is 3.17. The van der Waals surface area contributed by atoms with Crippen LogP contribution in [0.4, 0.5) is 0 Å². The summed E-state index contributed by atoms with van der Waals surface area (Å²) in [5.41, 5.74) is 2.78. The van der Waals surface area contributed by atoms with Crippen molar-refractivity contribution in [3.05, 3.63) is 57.1 Å². The first-order chi connectivity index (χ1) is 13.9. The molecule has 1 amide bonds. The fourth-order valence-electron chi connectivity index (χ4n) is 3.20. The van der Waals surface area contributed by atoms with Gasteiger partial charge in [-0.05, 0) is 47.4 Å². The minimum Gasteiger partial charge on any atom is -0.493 e. The number of nitrogens with zero attached hydrogens (tertiary/aromatic N) is 1. The average molecular weight is 438 g/mol. The molecule has 2 aromatic carbocycles. The van der Waals surface area contributed by atoms with Crippen LogP contribution in [0.2, 0.25) is 10.0 Å². The van der Waals surface area contributed by atoms with Crippen LogP contribution in [0.1, 0.15) is 16.7 Å². The second-order valence-corrected chi connectivity index (χ2v) is 7.44. The Morgan fingerprint density at radius 3 is 2.34 bits per heavy atom. The molecule has 1 heterocycles. The van der Waals surface area contributed by atoms with Crippen LogP contribution in [-0.2, 0) is 33.7 Å². The first kappa shape index (κ1) is 21.3. The van der Waals surface area contributed by atoms with Crippen LogP contribution < -0.4 is 9.47 Å². The molecule has 8 heteroatoms. The summed E-state index contributed by atoms with van der Waals surface area (Å²) in [5.74, 6) is 0.546. The number of hydrogen-bond donors (Lipinski definition) is 0. The van der Waals surface area contributed by atoms with E-state index < -0.39 is 5.97 Å². The number of esters is 1. The number of carbonyl (C=O) groups excluding carboxylic acids is 2. The molecule has 2 aromatic rings. The molecular formula is C21H21Cl2NO5. The lowest BCUT2D eigenvalue weighted by Crippen LogP contribution is -2.38. The molecule has 0 unspecified atom stereocenters. The fourth-order valence-corrected chi connectivity index (χ4v) is 3.52. The smallest absolute Gasteiger partial charge is 0.310 e. The lowest BCUT2D eigenvalue weighted by molar-refractivity contribution is -0.151. The zero-order valence-electron chi connectivity index (χ0n) is 16.2. The first-order valence-corrected chi connectivity index (χ1v) is 9.78. The Morgan fingerprint density at radius 1 is 1.00 bits per heavy atom. The van der Waals surface area contributed by atoms with E-state index in [1.54, 1.807) is 37.3 Å². The highest BCUT2D eigenvalue weighted by Gasteiger charge is 2.23. The highest BCUT2D eigenvalue weighted by atomic mass is 35.5. The minimum atomic E-state index is -0.499. The Bertz CT molecular complexity index is 932. The van der Waals surface area contributed by atoms with E-state index >= 15 is 0 Å². The van der Waals surface area contributed by atoms with E-state index in [1.807, 2.05) is 12.1 Å². The van der Waals surface area contributed by atoms with Crippen molar-refractivity contribution in [1.29, 1.82) is 0 Å². The number of fused-ring (bicyclic) bond motifs is 1. The minimum absolute atomic E-state index is 0.0179. The summed E-state index contributed by atoms with van der Waals surface area (Å²) in [5, 5.41) is 0.783. The van der Waals surface area contributed by atoms with Crippen LogP contribution in [-0.4, -0.2) is 44.1 Å². The third kappa shape index (κ3) is 5.14. The van der Waals surface area contributed by atoms with Gasteiger partial charge in [0.05, 0.1) is 30.7 Å². The van der Waals surface area contributed by atoms with Crippen LogP contribution in [0.15, 0.2) is 30.3 Å². The first-order valence-electron chi connectivity index (χ1n) is 9.02. The van der Waals surface area contributed by atoms with Crippen molar-refractivity contribution in [3.8, 4) is 11.5 Å². The van der Waals surface area contributed by atoms with Gasteiger partial charge in [0.1, 0.15) is 0 Å². The van der Waals surface area contributed by atoms with Gasteiger partial charge in [-0.2, -0.15) is 0 Å². The molecule has 1 aliphatic heterocycles. The van der Waals surface area contributed by atoms with Crippen LogP contribution in [0.5, 0.6) is 11.5 Å². The van der Waals surface area contributed by atoms with Gasteiger partial charge in [-0.25, -0.2) is 0 Å². The van der Waals surface area contributed by atoms with Gasteiger partial charge in [0.15, 0.2) is 18.1 Å². The van der Waals surface area contributed by atoms with Gasteiger partial charge in [0.25, 0.3) is 5.91 Å². The summed E-state index contributed by atoms with van der Waals surface area (Å²) in [6.45, 7) is 0.674. The summed E-state index contributed by atoms with van der Waals surface area (Å²) in [4.78, 5) is 26.2. The fraction of sp³-hybridized carbons (Fsp3) is 0.333. The van der Waals surface area contributed by atoms with E-state index in [1.165, 1.54) is 0 Å². The maximum atomic E-state index is 12.5. The number of hydrogen-bond acceptors (Lipinski definition) is 5. The van der Waals surface area contributed by atoms with E-state index in [-0.39, 0.29) is 18.9 Å². The van der Waals surface area contributed by atoms with Crippen LogP contribution in [0, 0.1) is 0 Å². The third-order valence-corrected chi connectivity index (χ3v) is 5.50. The molecule has 1 aliphatic rings. The van der Waals surface area contributed by atoms with Crippen molar-refractivity contribution >= 4 is 35.1 Å². The molecule has 3 rings (SSSR count). The van der Waals surface area contributed by atoms with Gasteiger partial charge in [0, 0.05) is 13.1 Å². The molecule has 0 saturated heterocycles. The second kappa shape index (κ2) is 9.37. The molecule has 0 bridgehead atoms. The molecule has 0 aliphatic carbocycles. The van der Waals surface area contributed by atoms with Crippen LogP contribution in [0.25, 0.3) is 0 Å². The van der Waals surface area contributed by atoms with Crippen molar-refractivity contribution in [3.63, 3.8) is 0 Å². The van der Waals surface area contributed by atoms with Crippen LogP contribution >= 0.6 is 23.2 Å². The lowest BCUT2D eigenvalue weighted by atomic mass is 9.99. The van der Waals surface area contributed by atoms with E-state index in [2.05, 4.69) is 0 Å². The molecule has 6 nitrogen and oxygen atoms in total. The van der Waals surface area contributed by atoms with Crippen molar-refractivity contribution in [2.24, 2.45) is 0 Å². The second-order valence-electron chi connectivity index (χ2n) is 6.63. The molecule has 0 N–H and O–H groups in total. The van der Waals surface area contributed by atoms with E-state index in [0.717, 1.165) is 11.1 Å². The number of halogens is 2. The number of carbonyl (C=O) groups is 2. The number of ether oxygens (including phenoxy) is 3. The predicted octanol–water partition coefficient (Wildman–Crippen LogP) is 3.68. The highest BCUT2D eigenvalue weighted by molar-refractivity contribution is 6.42. The molecule has 0 atom stereocenters. The van der Waals surface area contributed by atoms with Crippen molar-refractivity contribution < 1.29 is 23.8 Å². The molecule has 154 valence electrons. The normalized spacial score (nSPS) is 12.9. The monoisotopic (exact) mass is 437 g/mol. The van der Waals surface area contributed by atoms with Gasteiger partial charge in [-0.3, -0.25) is 9.59 Å². The summed E-state index contributed by atoms with van der Waals surface area (Å²) >= 11 is 11.8. The predicted molar refractivity (Wildman–Crippen MR) is 110 cm³/mol. The summed E-state index contributed by atoms with van der Waals surface area (Å²) in [6, 6.07) is 8.74.